The second-order valence-corrected chi connectivity index (χ2v) is 6.30. The average Bonchev–Trinajstić information content (AvgIpc) is 2.61. The lowest BCUT2D eigenvalue weighted by Crippen LogP contribution is -2.24. The van der Waals surface area contributed by atoms with Crippen molar-refractivity contribution >= 4 is 28.2 Å². The minimum atomic E-state index is -0.229. The van der Waals surface area contributed by atoms with Crippen LogP contribution in [0.2, 0.25) is 0 Å². The van der Waals surface area contributed by atoms with E-state index in [-0.39, 0.29) is 18.2 Å². The molecular weight excluding hydrogens is 330 g/mol. The van der Waals surface area contributed by atoms with Crippen LogP contribution in [0.25, 0.3) is 10.8 Å². The first kappa shape index (κ1) is 17.9. The van der Waals surface area contributed by atoms with Crippen LogP contribution in [-0.2, 0) is 6.54 Å². The third-order valence-electron chi connectivity index (χ3n) is 4.13. The van der Waals surface area contributed by atoms with Crippen molar-refractivity contribution in [2.75, 3.05) is 17.2 Å². The lowest BCUT2D eigenvalue weighted by atomic mass is 10.2. The molecule has 0 amide bonds. The molecule has 3 N–H and O–H groups in total. The van der Waals surface area contributed by atoms with Gasteiger partial charge in [0.2, 0.25) is 0 Å². The second kappa shape index (κ2) is 7.53. The number of fused-ring (bicyclic) bond motifs is 1. The van der Waals surface area contributed by atoms with Gasteiger partial charge in [0.15, 0.2) is 0 Å². The van der Waals surface area contributed by atoms with E-state index in [0.717, 1.165) is 10.9 Å². The van der Waals surface area contributed by atoms with Crippen molar-refractivity contribution in [2.24, 2.45) is 0 Å². The van der Waals surface area contributed by atoms with Crippen LogP contribution >= 0.6 is 0 Å². The molecule has 26 heavy (non-hydrogen) atoms. The zero-order valence-corrected chi connectivity index (χ0v) is 15.2. The van der Waals surface area contributed by atoms with Gasteiger partial charge in [0.05, 0.1) is 12.0 Å². The third kappa shape index (κ3) is 3.67. The number of aliphatic hydroxyl groups is 1. The highest BCUT2D eigenvalue weighted by atomic mass is 16.3. The van der Waals surface area contributed by atoms with Gasteiger partial charge in [0.1, 0.15) is 17.5 Å². The minimum absolute atomic E-state index is 0.0604. The summed E-state index contributed by atoms with van der Waals surface area (Å²) in [6.45, 7) is 6.26. The topological polar surface area (TPSA) is 92.1 Å². The smallest absolute Gasteiger partial charge is 0.262 e. The zero-order chi connectivity index (χ0) is 18.7. The molecule has 3 heterocycles. The lowest BCUT2D eigenvalue weighted by Gasteiger charge is -2.16. The Balaban J connectivity index is 2.12. The number of nitrogens with one attached hydrogen (secondary N) is 2. The molecule has 1 unspecified atom stereocenters. The summed E-state index contributed by atoms with van der Waals surface area (Å²) in [4.78, 5) is 21.6. The molecule has 136 valence electrons. The summed E-state index contributed by atoms with van der Waals surface area (Å²) in [7, 11) is 0. The normalized spacial score (nSPS) is 12.2. The molecule has 0 aliphatic rings. The molecule has 0 saturated carbocycles. The monoisotopic (exact) mass is 353 g/mol. The number of aliphatic hydroxyl groups excluding tert-OH is 1. The fourth-order valence-corrected chi connectivity index (χ4v) is 2.73. The van der Waals surface area contributed by atoms with Crippen LogP contribution in [0.5, 0.6) is 0 Å². The van der Waals surface area contributed by atoms with Crippen molar-refractivity contribution in [3.05, 3.63) is 52.6 Å². The van der Waals surface area contributed by atoms with Gasteiger partial charge in [-0.25, -0.2) is 9.97 Å². The largest absolute Gasteiger partial charge is 0.394 e. The molecule has 7 nitrogen and oxygen atoms in total. The first-order valence-corrected chi connectivity index (χ1v) is 8.63. The summed E-state index contributed by atoms with van der Waals surface area (Å²) in [6.07, 6.45) is 3.50. The Kier molecular flexibility index (Phi) is 5.18. The SMILES string of the molecule is CCn1ccc2cc(Nc3cc(C)ccn3)nc(NC(C)CO)c2c1=O. The Labute approximate surface area is 151 Å². The first-order chi connectivity index (χ1) is 12.5. The maximum absolute atomic E-state index is 12.8. The van der Waals surface area contributed by atoms with Gasteiger partial charge < -0.3 is 20.3 Å². The maximum Gasteiger partial charge on any atom is 0.262 e. The fraction of sp³-hybridized carbons (Fsp3) is 0.316. The van der Waals surface area contributed by atoms with Gasteiger partial charge in [-0.05, 0) is 56.0 Å². The average molecular weight is 353 g/mol. The van der Waals surface area contributed by atoms with Gasteiger partial charge in [-0.2, -0.15) is 0 Å². The Hall–Kier alpha value is -2.93. The van der Waals surface area contributed by atoms with E-state index < -0.39 is 0 Å². The number of nitrogens with zero attached hydrogens (tertiary/aromatic N) is 3. The number of hydrogen-bond acceptors (Lipinski definition) is 6. The third-order valence-corrected chi connectivity index (χ3v) is 4.13. The predicted octanol–water partition coefficient (Wildman–Crippen LogP) is 2.66. The molecule has 3 aromatic heterocycles. The number of anilines is 3. The van der Waals surface area contributed by atoms with E-state index in [4.69, 9.17) is 0 Å². The molecule has 0 spiro atoms. The van der Waals surface area contributed by atoms with Crippen LogP contribution in [-0.4, -0.2) is 32.3 Å². The van der Waals surface area contributed by atoms with E-state index in [1.165, 1.54) is 0 Å². The molecule has 0 fully saturated rings. The van der Waals surface area contributed by atoms with Crippen LogP contribution in [0.1, 0.15) is 19.4 Å². The van der Waals surface area contributed by atoms with Gasteiger partial charge >= 0.3 is 0 Å². The fourth-order valence-electron chi connectivity index (χ4n) is 2.73. The van der Waals surface area contributed by atoms with Crippen LogP contribution in [0, 0.1) is 6.92 Å². The van der Waals surface area contributed by atoms with Gasteiger partial charge in [-0.15, -0.1) is 0 Å². The lowest BCUT2D eigenvalue weighted by molar-refractivity contribution is 0.281. The van der Waals surface area contributed by atoms with Crippen LogP contribution in [0.4, 0.5) is 17.5 Å². The maximum atomic E-state index is 12.8. The Morgan fingerprint density at radius 3 is 2.77 bits per heavy atom. The van der Waals surface area contributed by atoms with Crippen molar-refractivity contribution < 1.29 is 5.11 Å². The summed E-state index contributed by atoms with van der Waals surface area (Å²) in [5, 5.41) is 17.0. The van der Waals surface area contributed by atoms with Crippen molar-refractivity contribution in [1.82, 2.24) is 14.5 Å². The van der Waals surface area contributed by atoms with Crippen LogP contribution in [0.15, 0.2) is 41.5 Å². The van der Waals surface area contributed by atoms with Gasteiger partial charge in [0, 0.05) is 25.0 Å². The van der Waals surface area contributed by atoms with E-state index >= 15 is 0 Å². The number of hydrogen-bond donors (Lipinski definition) is 3. The molecule has 0 aliphatic heterocycles. The van der Waals surface area contributed by atoms with E-state index in [1.807, 2.05) is 45.0 Å². The molecule has 7 heteroatoms. The van der Waals surface area contributed by atoms with Crippen molar-refractivity contribution in [2.45, 2.75) is 33.4 Å². The summed E-state index contributed by atoms with van der Waals surface area (Å²) in [6, 6.07) is 7.33. The molecule has 0 saturated heterocycles. The standard InChI is InChI=1S/C19H23N5O2/c1-4-24-8-6-14-10-16(22-15-9-12(2)5-7-20-15)23-18(17(14)19(24)26)21-13(3)11-25/h5-10,13,25H,4,11H2,1-3H3,(H2,20,21,22,23). The second-order valence-electron chi connectivity index (χ2n) is 6.30. The first-order valence-electron chi connectivity index (χ1n) is 8.63. The predicted molar refractivity (Wildman–Crippen MR) is 104 cm³/mol. The highest BCUT2D eigenvalue weighted by Gasteiger charge is 2.13. The van der Waals surface area contributed by atoms with E-state index in [0.29, 0.717) is 29.4 Å². The number of pyridine rings is 3. The van der Waals surface area contributed by atoms with Crippen molar-refractivity contribution in [1.29, 1.82) is 0 Å². The summed E-state index contributed by atoms with van der Waals surface area (Å²) < 4.78 is 1.63. The number of rotatable bonds is 6. The molecule has 0 radical (unpaired) electrons. The van der Waals surface area contributed by atoms with E-state index in [2.05, 4.69) is 20.6 Å². The summed E-state index contributed by atoms with van der Waals surface area (Å²) >= 11 is 0. The number of aryl methyl sites for hydroxylation is 2. The highest BCUT2D eigenvalue weighted by Crippen LogP contribution is 2.24. The number of aromatic nitrogens is 3. The minimum Gasteiger partial charge on any atom is -0.394 e. The van der Waals surface area contributed by atoms with Gasteiger partial charge in [0.25, 0.3) is 5.56 Å². The molecule has 3 aromatic rings. The van der Waals surface area contributed by atoms with Gasteiger partial charge in [-0.1, -0.05) is 0 Å². The molecular formula is C19H23N5O2. The highest BCUT2D eigenvalue weighted by molar-refractivity contribution is 5.93. The Morgan fingerprint density at radius 1 is 1.27 bits per heavy atom. The molecule has 0 aromatic carbocycles. The Morgan fingerprint density at radius 2 is 2.08 bits per heavy atom. The Bertz CT molecular complexity index is 983. The van der Waals surface area contributed by atoms with Crippen LogP contribution in [0.3, 0.4) is 0 Å². The van der Waals surface area contributed by atoms with Crippen molar-refractivity contribution in [3.8, 4) is 0 Å². The zero-order valence-electron chi connectivity index (χ0n) is 15.2. The molecule has 0 bridgehead atoms. The van der Waals surface area contributed by atoms with Gasteiger partial charge in [-0.3, -0.25) is 4.79 Å². The van der Waals surface area contributed by atoms with E-state index in [9.17, 15) is 9.90 Å². The molecule has 0 aliphatic carbocycles. The quantitative estimate of drug-likeness (QED) is 0.631. The van der Waals surface area contributed by atoms with Crippen molar-refractivity contribution in [3.63, 3.8) is 0 Å². The summed E-state index contributed by atoms with van der Waals surface area (Å²) in [5.41, 5.74) is 0.978. The molecule has 1 atom stereocenters. The molecule has 3 rings (SSSR count). The van der Waals surface area contributed by atoms with E-state index in [1.54, 1.807) is 17.0 Å². The summed E-state index contributed by atoms with van der Waals surface area (Å²) in [5.74, 6) is 1.71. The van der Waals surface area contributed by atoms with Crippen LogP contribution < -0.4 is 16.2 Å².